The van der Waals surface area contributed by atoms with Gasteiger partial charge in [0.15, 0.2) is 19.8 Å². The third kappa shape index (κ3) is 11.3. The van der Waals surface area contributed by atoms with E-state index in [-0.39, 0.29) is 38.3 Å². The highest BCUT2D eigenvalue weighted by molar-refractivity contribution is 7.94. The second-order valence-corrected chi connectivity index (χ2v) is 22.3. The molecular formula is C40H54F2N6O6S4. The standard InChI is InChI=1S/C40H54F2N6O6S4/c1-21(2)26-13-14-29(41)36(27(26)16-32(49)47-57(43,53)34-15-25(20-55-34)39(7,8)51)23(5)11-12-24(6)37-28(35(22(3)4)30(42)18-45-37)17-33(50)48-58(44,54)38-46-19-31(56-38)40(9,10)52/h13-15,18-24,51-52H,11-12,16-17H2,1-10H3,(H2,43,47,49,53)(H2,44,48,50,54). The van der Waals surface area contributed by atoms with E-state index in [1.165, 1.54) is 32.2 Å². The van der Waals surface area contributed by atoms with E-state index in [1.54, 1.807) is 39.1 Å². The molecule has 0 aliphatic rings. The Kier molecular flexibility index (Phi) is 14.8. The Morgan fingerprint density at radius 2 is 1.38 bits per heavy atom. The van der Waals surface area contributed by atoms with Gasteiger partial charge in [0.25, 0.3) is 11.8 Å². The van der Waals surface area contributed by atoms with Gasteiger partial charge in [-0.3, -0.25) is 14.6 Å². The van der Waals surface area contributed by atoms with Gasteiger partial charge in [-0.25, -0.2) is 32.5 Å². The average Bonchev–Trinajstić information content (AvgIpc) is 3.79. The minimum Gasteiger partial charge on any atom is -0.386 e. The number of rotatable bonds is 15. The van der Waals surface area contributed by atoms with Crippen LogP contribution in [0.15, 0.2) is 53.2 Å². The van der Waals surface area contributed by atoms with Crippen LogP contribution in [0.25, 0.3) is 0 Å². The second-order valence-electron chi connectivity index (χ2n) is 16.3. The van der Waals surface area contributed by atoms with Crippen molar-refractivity contribution in [1.82, 2.24) is 9.97 Å². The van der Waals surface area contributed by atoms with Crippen LogP contribution in [0.2, 0.25) is 0 Å². The minimum absolute atomic E-state index is 0.104. The number of amides is 2. The second kappa shape index (κ2) is 18.1. The highest BCUT2D eigenvalue weighted by Gasteiger charge is 2.28. The molecule has 3 aromatic heterocycles. The molecule has 4 aromatic rings. The fourth-order valence-corrected chi connectivity index (χ4v) is 11.2. The average molecular weight is 881 g/mol. The highest BCUT2D eigenvalue weighted by atomic mass is 32.2. The number of aliphatic hydroxyl groups is 2. The maximum atomic E-state index is 15.9. The number of carbonyl (C=O) groups excluding carboxylic acids is 2. The lowest BCUT2D eigenvalue weighted by Gasteiger charge is -2.24. The Balaban J connectivity index is 1.64. The third-order valence-electron chi connectivity index (χ3n) is 9.78. The molecule has 6 N–H and O–H groups in total. The maximum absolute atomic E-state index is 15.9. The Morgan fingerprint density at radius 3 is 1.91 bits per heavy atom. The quantitative estimate of drug-likeness (QED) is 0.0912. The molecule has 0 fully saturated rings. The van der Waals surface area contributed by atoms with E-state index in [9.17, 15) is 28.2 Å². The van der Waals surface area contributed by atoms with Crippen LogP contribution in [-0.4, -0.2) is 40.4 Å². The summed E-state index contributed by atoms with van der Waals surface area (Å²) < 4.78 is 65.7. The van der Waals surface area contributed by atoms with Crippen molar-refractivity contribution in [3.63, 3.8) is 0 Å². The van der Waals surface area contributed by atoms with Gasteiger partial charge < -0.3 is 10.2 Å². The van der Waals surface area contributed by atoms with Crippen molar-refractivity contribution in [1.29, 1.82) is 0 Å². The lowest BCUT2D eigenvalue weighted by Crippen LogP contribution is -2.18. The van der Waals surface area contributed by atoms with Crippen molar-refractivity contribution in [3.05, 3.63) is 91.6 Å². The van der Waals surface area contributed by atoms with Gasteiger partial charge in [-0.1, -0.05) is 47.6 Å². The molecule has 0 radical (unpaired) electrons. The normalized spacial score (nSPS) is 15.6. The lowest BCUT2D eigenvalue weighted by molar-refractivity contribution is -0.117. The van der Waals surface area contributed by atoms with Crippen LogP contribution in [0.5, 0.6) is 0 Å². The van der Waals surface area contributed by atoms with E-state index in [1.807, 2.05) is 27.7 Å². The SMILES string of the molecule is CC(C)c1ccc(F)c(C(C)CCC(C)c2ncc(F)c(C(C)C)c2CC(=O)N=S(N)(=O)c2ncc(C(C)(C)O)s2)c1CC(=O)N=S(N)(=O)c1cc(C(C)(C)O)cs1. The molecule has 0 aliphatic carbocycles. The number of aromatic nitrogens is 2. The first-order valence-corrected chi connectivity index (χ1v) is 23.6. The summed E-state index contributed by atoms with van der Waals surface area (Å²) in [6, 6.07) is 4.45. The van der Waals surface area contributed by atoms with Crippen LogP contribution in [-0.2, 0) is 53.5 Å². The van der Waals surface area contributed by atoms with Gasteiger partial charge in [0.05, 0.1) is 35.1 Å². The summed E-state index contributed by atoms with van der Waals surface area (Å²) in [5.74, 6) is -4.09. The molecule has 12 nitrogen and oxygen atoms in total. The molecule has 4 unspecified atom stereocenters. The molecule has 18 heteroatoms. The zero-order valence-electron chi connectivity index (χ0n) is 34.5. The predicted octanol–water partition coefficient (Wildman–Crippen LogP) is 8.21. The highest BCUT2D eigenvalue weighted by Crippen LogP contribution is 2.37. The monoisotopic (exact) mass is 880 g/mol. The number of thiazole rings is 1. The molecule has 58 heavy (non-hydrogen) atoms. The number of benzene rings is 1. The summed E-state index contributed by atoms with van der Waals surface area (Å²) in [4.78, 5) is 35.7. The van der Waals surface area contributed by atoms with Crippen molar-refractivity contribution in [2.75, 3.05) is 0 Å². The number of pyridine rings is 1. The van der Waals surface area contributed by atoms with Gasteiger partial charge in [0, 0.05) is 11.9 Å². The zero-order chi connectivity index (χ0) is 43.7. The van der Waals surface area contributed by atoms with Crippen molar-refractivity contribution in [2.45, 2.75) is 138 Å². The lowest BCUT2D eigenvalue weighted by atomic mass is 9.82. The van der Waals surface area contributed by atoms with Crippen molar-refractivity contribution in [2.24, 2.45) is 19.0 Å². The zero-order valence-corrected chi connectivity index (χ0v) is 37.7. The van der Waals surface area contributed by atoms with E-state index in [0.717, 1.165) is 34.4 Å². The summed E-state index contributed by atoms with van der Waals surface area (Å²) in [6.07, 6.45) is 2.42. The van der Waals surface area contributed by atoms with Gasteiger partial charge in [-0.05, 0) is 115 Å². The minimum atomic E-state index is -3.79. The fraction of sp³-hybridized carbons (Fsp3) is 0.500. The van der Waals surface area contributed by atoms with Gasteiger partial charge in [0.1, 0.15) is 15.8 Å². The van der Waals surface area contributed by atoms with Gasteiger partial charge in [-0.2, -0.15) is 0 Å². The molecule has 0 bridgehead atoms. The molecule has 0 saturated heterocycles. The van der Waals surface area contributed by atoms with Crippen LogP contribution in [0.1, 0.15) is 150 Å². The Hall–Kier alpha value is -3.36. The van der Waals surface area contributed by atoms with Crippen molar-refractivity contribution < 1.29 is 37.0 Å². The Bertz CT molecular complexity index is 2430. The van der Waals surface area contributed by atoms with Crippen LogP contribution in [0.4, 0.5) is 8.78 Å². The Labute approximate surface area is 348 Å². The summed E-state index contributed by atoms with van der Waals surface area (Å²) in [7, 11) is -7.46. The third-order valence-corrected chi connectivity index (χ3v) is 15.8. The first-order chi connectivity index (χ1) is 26.6. The molecule has 2 amide bonds. The number of hydrogen-bond acceptors (Lipinski definition) is 10. The molecule has 4 atom stereocenters. The number of halogens is 2. The van der Waals surface area contributed by atoms with Crippen LogP contribution in [0, 0.1) is 11.6 Å². The van der Waals surface area contributed by atoms with Crippen LogP contribution in [0.3, 0.4) is 0 Å². The maximum Gasteiger partial charge on any atom is 0.259 e. The van der Waals surface area contributed by atoms with Crippen LogP contribution >= 0.6 is 22.7 Å². The summed E-state index contributed by atoms with van der Waals surface area (Å²) >= 11 is 1.90. The van der Waals surface area contributed by atoms with E-state index in [2.05, 4.69) is 18.7 Å². The smallest absolute Gasteiger partial charge is 0.259 e. The molecule has 0 saturated carbocycles. The summed E-state index contributed by atoms with van der Waals surface area (Å²) in [5, 5.41) is 34.3. The molecule has 0 spiro atoms. The number of hydrogen-bond donors (Lipinski definition) is 4. The van der Waals surface area contributed by atoms with E-state index < -0.39 is 66.8 Å². The summed E-state index contributed by atoms with van der Waals surface area (Å²) in [6.45, 7) is 17.3. The van der Waals surface area contributed by atoms with Gasteiger partial charge in [-0.15, -0.1) is 31.4 Å². The number of thiophene rings is 1. The Morgan fingerprint density at radius 1 is 0.793 bits per heavy atom. The number of nitrogens with zero attached hydrogens (tertiary/aromatic N) is 4. The van der Waals surface area contributed by atoms with Crippen molar-refractivity contribution in [3.8, 4) is 0 Å². The first-order valence-electron chi connectivity index (χ1n) is 18.8. The predicted molar refractivity (Wildman–Crippen MR) is 225 cm³/mol. The summed E-state index contributed by atoms with van der Waals surface area (Å²) in [5.41, 5.74) is 0.415. The van der Waals surface area contributed by atoms with E-state index in [0.29, 0.717) is 45.7 Å². The largest absolute Gasteiger partial charge is 0.386 e. The van der Waals surface area contributed by atoms with Gasteiger partial charge >= 0.3 is 0 Å². The molecule has 3 heterocycles. The molecule has 1 aromatic carbocycles. The van der Waals surface area contributed by atoms with Crippen LogP contribution < -0.4 is 10.3 Å². The van der Waals surface area contributed by atoms with Crippen molar-refractivity contribution >= 4 is 54.3 Å². The molecular weight excluding hydrogens is 827 g/mol. The van der Waals surface area contributed by atoms with Gasteiger partial charge in [0.2, 0.25) is 4.34 Å². The topological polar surface area (TPSA) is 211 Å². The fourth-order valence-electron chi connectivity index (χ4n) is 6.72. The van der Waals surface area contributed by atoms with E-state index in [4.69, 9.17) is 10.3 Å². The first kappa shape index (κ1) is 47.3. The molecule has 0 aliphatic heterocycles. The number of nitrogens with two attached hydrogens (primary N) is 2. The molecule has 318 valence electrons. The number of carbonyl (C=O) groups is 2. The van der Waals surface area contributed by atoms with E-state index >= 15 is 8.78 Å². The molecule has 4 rings (SSSR count).